The highest BCUT2D eigenvalue weighted by Gasteiger charge is 2.22. The Hall–Kier alpha value is -7.18. The molecular formula is C46H29N5O. The molecule has 0 unspecified atom stereocenters. The molecule has 10 aromatic rings. The number of fused-ring (bicyclic) bond motifs is 4. The fraction of sp³-hybridized carbons (Fsp3) is 0. The Kier molecular flexibility index (Phi) is 7.03. The molecule has 0 bridgehead atoms. The Labute approximate surface area is 299 Å². The molecule has 0 amide bonds. The molecule has 0 aliphatic carbocycles. The van der Waals surface area contributed by atoms with E-state index >= 15 is 0 Å². The van der Waals surface area contributed by atoms with Crippen molar-refractivity contribution in [1.29, 1.82) is 0 Å². The second-order valence-electron chi connectivity index (χ2n) is 12.7. The molecule has 3 heterocycles. The molecule has 0 atom stereocenters. The first-order valence-corrected chi connectivity index (χ1v) is 17.2. The molecular weight excluding hydrogens is 639 g/mol. The van der Waals surface area contributed by atoms with E-state index in [1.54, 1.807) is 0 Å². The summed E-state index contributed by atoms with van der Waals surface area (Å²) < 4.78 is 9.11. The van der Waals surface area contributed by atoms with Crippen molar-refractivity contribution in [2.24, 2.45) is 0 Å². The summed E-state index contributed by atoms with van der Waals surface area (Å²) in [6.45, 7) is 0. The van der Waals surface area contributed by atoms with Gasteiger partial charge >= 0.3 is 0 Å². The number of para-hydroxylation sites is 5. The van der Waals surface area contributed by atoms with Gasteiger partial charge in [-0.05, 0) is 47.5 Å². The SMILES string of the molecule is c1ccc(-c2ccc(-c3nc(-c4ccccc4)nc(-c4cccc5c4oc4c(-c6nc7ccccc7n6-c6ccccc6)cccc45)n3)cc2)cc1. The van der Waals surface area contributed by atoms with Gasteiger partial charge in [-0.25, -0.2) is 19.9 Å². The van der Waals surface area contributed by atoms with Crippen LogP contribution in [0.2, 0.25) is 0 Å². The van der Waals surface area contributed by atoms with Gasteiger partial charge in [-0.2, -0.15) is 0 Å². The lowest BCUT2D eigenvalue weighted by atomic mass is 10.0. The Balaban J connectivity index is 1.16. The summed E-state index contributed by atoms with van der Waals surface area (Å²) in [5, 5.41) is 1.97. The molecule has 52 heavy (non-hydrogen) atoms. The van der Waals surface area contributed by atoms with Crippen molar-refractivity contribution in [3.63, 3.8) is 0 Å². The third-order valence-electron chi connectivity index (χ3n) is 9.50. The lowest BCUT2D eigenvalue weighted by molar-refractivity contribution is 0.670. The summed E-state index contributed by atoms with van der Waals surface area (Å²) >= 11 is 0. The van der Waals surface area contributed by atoms with Gasteiger partial charge in [-0.3, -0.25) is 4.57 Å². The number of furan rings is 1. The van der Waals surface area contributed by atoms with E-state index < -0.39 is 0 Å². The van der Waals surface area contributed by atoms with E-state index in [4.69, 9.17) is 24.4 Å². The first-order chi connectivity index (χ1) is 25.8. The third kappa shape index (κ3) is 5.05. The second-order valence-corrected chi connectivity index (χ2v) is 12.7. The average Bonchev–Trinajstić information content (AvgIpc) is 3.81. The van der Waals surface area contributed by atoms with E-state index in [1.165, 1.54) is 0 Å². The topological polar surface area (TPSA) is 69.6 Å². The minimum absolute atomic E-state index is 0.540. The van der Waals surface area contributed by atoms with Crippen molar-refractivity contribution >= 4 is 33.0 Å². The van der Waals surface area contributed by atoms with Gasteiger partial charge in [0.15, 0.2) is 17.5 Å². The predicted octanol–water partition coefficient (Wildman–Crippen LogP) is 11.4. The maximum atomic E-state index is 6.91. The quantitative estimate of drug-likeness (QED) is 0.176. The highest BCUT2D eigenvalue weighted by molar-refractivity contribution is 6.12. The zero-order valence-electron chi connectivity index (χ0n) is 27.9. The van der Waals surface area contributed by atoms with Crippen molar-refractivity contribution < 1.29 is 4.42 Å². The van der Waals surface area contributed by atoms with Crippen LogP contribution in [0.4, 0.5) is 0 Å². The van der Waals surface area contributed by atoms with Crippen molar-refractivity contribution in [3.8, 4) is 62.4 Å². The van der Waals surface area contributed by atoms with Gasteiger partial charge in [0.25, 0.3) is 0 Å². The standard InChI is InChI=1S/C46H29N5O/c1-4-14-30(15-5-1)31-26-28-33(29-27-31)44-48-43(32-16-6-2-7-17-32)49-45(50-44)37-22-12-20-35-36-21-13-23-38(42(36)52-41(35)37)46-47-39-24-10-11-25-40(39)51(46)34-18-8-3-9-19-34/h1-29H. The van der Waals surface area contributed by atoms with E-state index in [9.17, 15) is 0 Å². The highest BCUT2D eigenvalue weighted by Crippen LogP contribution is 2.41. The Morgan fingerprint density at radius 2 is 0.865 bits per heavy atom. The van der Waals surface area contributed by atoms with Crippen LogP contribution < -0.4 is 0 Å². The maximum Gasteiger partial charge on any atom is 0.167 e. The van der Waals surface area contributed by atoms with Crippen LogP contribution in [0.25, 0.3) is 95.3 Å². The van der Waals surface area contributed by atoms with Gasteiger partial charge in [0.05, 0.1) is 22.2 Å². The number of hydrogen-bond acceptors (Lipinski definition) is 5. The van der Waals surface area contributed by atoms with Crippen LogP contribution in [0.5, 0.6) is 0 Å². The number of benzene rings is 7. The molecule has 0 spiro atoms. The number of aromatic nitrogens is 5. The molecule has 6 heteroatoms. The predicted molar refractivity (Wildman–Crippen MR) is 209 cm³/mol. The van der Waals surface area contributed by atoms with Crippen molar-refractivity contribution in [2.45, 2.75) is 0 Å². The van der Waals surface area contributed by atoms with E-state index in [1.807, 2.05) is 84.9 Å². The molecule has 7 aromatic carbocycles. The number of rotatable bonds is 6. The van der Waals surface area contributed by atoms with Crippen molar-refractivity contribution in [3.05, 3.63) is 176 Å². The normalized spacial score (nSPS) is 11.5. The van der Waals surface area contributed by atoms with Gasteiger partial charge < -0.3 is 4.42 Å². The monoisotopic (exact) mass is 667 g/mol. The van der Waals surface area contributed by atoms with E-state index in [-0.39, 0.29) is 0 Å². The van der Waals surface area contributed by atoms with Crippen LogP contribution in [0.1, 0.15) is 0 Å². The maximum absolute atomic E-state index is 6.91. The molecule has 3 aromatic heterocycles. The van der Waals surface area contributed by atoms with Gasteiger partial charge in [0.1, 0.15) is 17.0 Å². The average molecular weight is 668 g/mol. The molecule has 244 valence electrons. The number of hydrogen-bond donors (Lipinski definition) is 0. The van der Waals surface area contributed by atoms with E-state index in [0.717, 1.165) is 72.3 Å². The first-order valence-electron chi connectivity index (χ1n) is 17.2. The summed E-state index contributed by atoms with van der Waals surface area (Å²) in [4.78, 5) is 20.3. The van der Waals surface area contributed by atoms with Gasteiger partial charge in [0.2, 0.25) is 0 Å². The van der Waals surface area contributed by atoms with Crippen LogP contribution >= 0.6 is 0 Å². The van der Waals surface area contributed by atoms with Crippen molar-refractivity contribution in [1.82, 2.24) is 24.5 Å². The summed E-state index contributed by atoms with van der Waals surface area (Å²) in [5.41, 5.74) is 10.2. The largest absolute Gasteiger partial charge is 0.455 e. The Bertz CT molecular complexity index is 2880. The summed E-state index contributed by atoms with van der Waals surface area (Å²) in [6.07, 6.45) is 0. The fourth-order valence-electron chi connectivity index (χ4n) is 7.00. The second kappa shape index (κ2) is 12.3. The zero-order valence-corrected chi connectivity index (χ0v) is 27.9. The van der Waals surface area contributed by atoms with Crippen molar-refractivity contribution in [2.75, 3.05) is 0 Å². The van der Waals surface area contributed by atoms with Crippen LogP contribution in [0, 0.1) is 0 Å². The van der Waals surface area contributed by atoms with E-state index in [2.05, 4.69) is 95.6 Å². The zero-order chi connectivity index (χ0) is 34.4. The number of imidazole rings is 1. The first kappa shape index (κ1) is 29.7. The molecule has 10 rings (SSSR count). The summed E-state index contributed by atoms with van der Waals surface area (Å²) in [6, 6.07) is 59.7. The lowest BCUT2D eigenvalue weighted by Gasteiger charge is -2.10. The molecule has 0 aliphatic heterocycles. The summed E-state index contributed by atoms with van der Waals surface area (Å²) in [5.74, 6) is 2.54. The molecule has 6 nitrogen and oxygen atoms in total. The van der Waals surface area contributed by atoms with E-state index in [0.29, 0.717) is 23.1 Å². The summed E-state index contributed by atoms with van der Waals surface area (Å²) in [7, 11) is 0. The van der Waals surface area contributed by atoms with Crippen LogP contribution in [0.15, 0.2) is 180 Å². The lowest BCUT2D eigenvalue weighted by Crippen LogP contribution is -2.00. The van der Waals surface area contributed by atoms with Crippen LogP contribution in [-0.4, -0.2) is 24.5 Å². The van der Waals surface area contributed by atoms with Gasteiger partial charge in [-0.1, -0.05) is 140 Å². The smallest absolute Gasteiger partial charge is 0.167 e. The third-order valence-corrected chi connectivity index (χ3v) is 9.50. The Morgan fingerprint density at radius 1 is 0.365 bits per heavy atom. The van der Waals surface area contributed by atoms with Crippen LogP contribution in [0.3, 0.4) is 0 Å². The van der Waals surface area contributed by atoms with Gasteiger partial charge in [0, 0.05) is 27.6 Å². The molecule has 0 aliphatic rings. The minimum Gasteiger partial charge on any atom is -0.455 e. The van der Waals surface area contributed by atoms with Crippen LogP contribution in [-0.2, 0) is 0 Å². The number of nitrogens with zero attached hydrogens (tertiary/aromatic N) is 5. The molecule has 0 fully saturated rings. The molecule has 0 radical (unpaired) electrons. The fourth-order valence-corrected chi connectivity index (χ4v) is 7.00. The molecule has 0 N–H and O–H groups in total. The molecule has 0 saturated carbocycles. The Morgan fingerprint density at radius 3 is 1.56 bits per heavy atom. The highest BCUT2D eigenvalue weighted by atomic mass is 16.3. The van der Waals surface area contributed by atoms with Gasteiger partial charge in [-0.15, -0.1) is 0 Å². The molecule has 0 saturated heterocycles. The minimum atomic E-state index is 0.540.